The lowest BCUT2D eigenvalue weighted by Crippen LogP contribution is -2.51. The van der Waals surface area contributed by atoms with Gasteiger partial charge in [-0.25, -0.2) is 4.98 Å². The topological polar surface area (TPSA) is 69.8 Å². The van der Waals surface area contributed by atoms with Crippen molar-refractivity contribution in [2.45, 2.75) is 44.2 Å². The number of nitrogens with one attached hydrogen (secondary N) is 1. The zero-order valence-electron chi connectivity index (χ0n) is 13.1. The molecule has 1 saturated heterocycles. The first kappa shape index (κ1) is 13.9. The van der Waals surface area contributed by atoms with Gasteiger partial charge in [0.05, 0.1) is 18.9 Å². The second-order valence-corrected chi connectivity index (χ2v) is 6.22. The molecule has 1 aliphatic heterocycles. The fourth-order valence-corrected chi connectivity index (χ4v) is 3.69. The molecule has 0 amide bonds. The minimum atomic E-state index is 0.360. The Hall–Kier alpha value is -1.73. The van der Waals surface area contributed by atoms with Gasteiger partial charge in [-0.1, -0.05) is 0 Å². The molecule has 3 heterocycles. The highest BCUT2D eigenvalue weighted by atomic mass is 16.5. The van der Waals surface area contributed by atoms with Crippen LogP contribution in [-0.4, -0.2) is 49.8 Å². The number of ether oxygens (including phenoxy) is 1. The number of morpholine rings is 1. The molecule has 3 atom stereocenters. The molecule has 0 spiro atoms. The molecule has 0 bridgehead atoms. The van der Waals surface area contributed by atoms with E-state index in [9.17, 15) is 0 Å². The molecule has 2 aliphatic rings. The Morgan fingerprint density at radius 1 is 1.36 bits per heavy atom. The predicted molar refractivity (Wildman–Crippen MR) is 81.0 cm³/mol. The van der Waals surface area contributed by atoms with Crippen molar-refractivity contribution in [3.05, 3.63) is 23.9 Å². The average molecular weight is 302 g/mol. The monoisotopic (exact) mass is 302 g/mol. The molecular weight excluding hydrogens is 280 g/mol. The summed E-state index contributed by atoms with van der Waals surface area (Å²) in [6, 6.07) is 2.41. The highest BCUT2D eigenvalue weighted by molar-refractivity contribution is 5.23. The summed E-state index contributed by atoms with van der Waals surface area (Å²) < 4.78 is 9.67. The van der Waals surface area contributed by atoms with Gasteiger partial charge in [0.25, 0.3) is 0 Å². The van der Waals surface area contributed by atoms with E-state index in [0.29, 0.717) is 18.1 Å². The van der Waals surface area contributed by atoms with Gasteiger partial charge in [-0.3, -0.25) is 4.68 Å². The van der Waals surface area contributed by atoms with E-state index in [1.165, 1.54) is 0 Å². The largest absolute Gasteiger partial charge is 0.375 e. The third-order valence-corrected chi connectivity index (χ3v) is 4.74. The number of aromatic nitrogens is 5. The van der Waals surface area contributed by atoms with Crippen LogP contribution in [0.3, 0.4) is 0 Å². The molecule has 7 heteroatoms. The standard InChI is InChI=1S/C15H22N6O/c1-10-18-15(21(19-10)14-5-6-17-20(14)2)11-3-4-13-12(9-11)16-7-8-22-13/h5-6,11-13,16H,3-4,7-9H2,1-2H3/t11-,12+,13+/m0/s1. The maximum atomic E-state index is 5.87. The molecule has 0 radical (unpaired) electrons. The molecule has 1 N–H and O–H groups in total. The van der Waals surface area contributed by atoms with E-state index < -0.39 is 0 Å². The molecule has 2 fully saturated rings. The van der Waals surface area contributed by atoms with Crippen LogP contribution in [0.4, 0.5) is 0 Å². The fourth-order valence-electron chi connectivity index (χ4n) is 3.69. The average Bonchev–Trinajstić information content (AvgIpc) is 3.12. The van der Waals surface area contributed by atoms with Crippen LogP contribution in [-0.2, 0) is 11.8 Å². The molecule has 2 aromatic rings. The van der Waals surface area contributed by atoms with E-state index >= 15 is 0 Å². The quantitative estimate of drug-likeness (QED) is 0.894. The Kier molecular flexibility index (Phi) is 3.46. The van der Waals surface area contributed by atoms with Crippen molar-refractivity contribution < 1.29 is 4.74 Å². The SMILES string of the molecule is Cc1nc([C@H]2CC[C@H]3OCCN[C@@H]3C2)n(-c2ccnn2C)n1. The summed E-state index contributed by atoms with van der Waals surface area (Å²) in [6.07, 6.45) is 5.39. The Morgan fingerprint density at radius 3 is 3.09 bits per heavy atom. The summed E-state index contributed by atoms with van der Waals surface area (Å²) in [7, 11) is 1.93. The van der Waals surface area contributed by atoms with Crippen LogP contribution in [0.15, 0.2) is 12.3 Å². The first-order valence-electron chi connectivity index (χ1n) is 7.99. The first-order valence-corrected chi connectivity index (χ1v) is 7.99. The number of hydrogen-bond acceptors (Lipinski definition) is 5. The van der Waals surface area contributed by atoms with Crippen molar-refractivity contribution in [1.29, 1.82) is 0 Å². The third-order valence-electron chi connectivity index (χ3n) is 4.74. The van der Waals surface area contributed by atoms with E-state index in [1.807, 2.05) is 29.4 Å². The first-order chi connectivity index (χ1) is 10.7. The van der Waals surface area contributed by atoms with Crippen LogP contribution in [0.25, 0.3) is 5.82 Å². The number of rotatable bonds is 2. The van der Waals surface area contributed by atoms with E-state index in [1.54, 1.807) is 6.20 Å². The minimum Gasteiger partial charge on any atom is -0.375 e. The van der Waals surface area contributed by atoms with Crippen LogP contribution in [0.1, 0.15) is 36.8 Å². The Bertz CT molecular complexity index is 663. The molecule has 4 rings (SSSR count). The van der Waals surface area contributed by atoms with Gasteiger partial charge in [0.1, 0.15) is 11.6 Å². The molecule has 1 saturated carbocycles. The van der Waals surface area contributed by atoms with Crippen LogP contribution >= 0.6 is 0 Å². The lowest BCUT2D eigenvalue weighted by Gasteiger charge is -2.39. The second-order valence-electron chi connectivity index (χ2n) is 6.22. The van der Waals surface area contributed by atoms with Gasteiger partial charge in [0, 0.05) is 31.6 Å². The summed E-state index contributed by atoms with van der Waals surface area (Å²) in [4.78, 5) is 4.71. The van der Waals surface area contributed by atoms with Gasteiger partial charge in [0.15, 0.2) is 5.82 Å². The Labute approximate surface area is 129 Å². The summed E-state index contributed by atoms with van der Waals surface area (Å²) >= 11 is 0. The second kappa shape index (κ2) is 5.48. The lowest BCUT2D eigenvalue weighted by molar-refractivity contribution is -0.0281. The summed E-state index contributed by atoms with van der Waals surface area (Å²) in [5.74, 6) is 3.23. The van der Waals surface area contributed by atoms with Gasteiger partial charge in [-0.2, -0.15) is 9.78 Å². The zero-order valence-corrected chi connectivity index (χ0v) is 13.1. The minimum absolute atomic E-state index is 0.360. The van der Waals surface area contributed by atoms with Gasteiger partial charge >= 0.3 is 0 Å². The van der Waals surface area contributed by atoms with Crippen molar-refractivity contribution in [2.24, 2.45) is 7.05 Å². The molecule has 22 heavy (non-hydrogen) atoms. The number of aryl methyl sites for hydroxylation is 2. The fraction of sp³-hybridized carbons (Fsp3) is 0.667. The molecular formula is C15H22N6O. The predicted octanol–water partition coefficient (Wildman–Crippen LogP) is 0.934. The molecule has 1 aliphatic carbocycles. The van der Waals surface area contributed by atoms with Crippen molar-refractivity contribution >= 4 is 0 Å². The normalized spacial score (nSPS) is 28.5. The number of nitrogens with zero attached hydrogens (tertiary/aromatic N) is 5. The number of fused-ring (bicyclic) bond motifs is 1. The van der Waals surface area contributed by atoms with E-state index in [4.69, 9.17) is 9.72 Å². The van der Waals surface area contributed by atoms with Gasteiger partial charge in [0.2, 0.25) is 0 Å². The van der Waals surface area contributed by atoms with Crippen molar-refractivity contribution in [3.8, 4) is 5.82 Å². The van der Waals surface area contributed by atoms with Crippen LogP contribution in [0.2, 0.25) is 0 Å². The molecule has 0 aromatic carbocycles. The lowest BCUT2D eigenvalue weighted by atomic mass is 9.82. The van der Waals surface area contributed by atoms with Gasteiger partial charge in [-0.05, 0) is 26.2 Å². The zero-order chi connectivity index (χ0) is 15.1. The maximum Gasteiger partial charge on any atom is 0.153 e. The van der Waals surface area contributed by atoms with E-state index in [2.05, 4.69) is 15.5 Å². The van der Waals surface area contributed by atoms with E-state index in [-0.39, 0.29) is 0 Å². The highest BCUT2D eigenvalue weighted by Gasteiger charge is 2.36. The molecule has 2 aromatic heterocycles. The third kappa shape index (κ3) is 2.34. The Balaban J connectivity index is 1.64. The number of hydrogen-bond donors (Lipinski definition) is 1. The molecule has 0 unspecified atom stereocenters. The summed E-state index contributed by atoms with van der Waals surface area (Å²) in [5, 5.41) is 12.4. The summed E-state index contributed by atoms with van der Waals surface area (Å²) in [6.45, 7) is 3.72. The van der Waals surface area contributed by atoms with Crippen LogP contribution < -0.4 is 5.32 Å². The maximum absolute atomic E-state index is 5.87. The van der Waals surface area contributed by atoms with Crippen LogP contribution in [0.5, 0.6) is 0 Å². The molecule has 7 nitrogen and oxygen atoms in total. The van der Waals surface area contributed by atoms with E-state index in [0.717, 1.165) is 49.9 Å². The highest BCUT2D eigenvalue weighted by Crippen LogP contribution is 2.35. The van der Waals surface area contributed by atoms with Gasteiger partial charge in [-0.15, -0.1) is 5.10 Å². The van der Waals surface area contributed by atoms with Crippen molar-refractivity contribution in [3.63, 3.8) is 0 Å². The van der Waals surface area contributed by atoms with Gasteiger partial charge < -0.3 is 10.1 Å². The smallest absolute Gasteiger partial charge is 0.153 e. The Morgan fingerprint density at radius 2 is 2.27 bits per heavy atom. The van der Waals surface area contributed by atoms with Crippen molar-refractivity contribution in [2.75, 3.05) is 13.2 Å². The molecule has 118 valence electrons. The summed E-state index contributed by atoms with van der Waals surface area (Å²) in [5.41, 5.74) is 0. The van der Waals surface area contributed by atoms with Crippen LogP contribution in [0, 0.1) is 6.92 Å². The van der Waals surface area contributed by atoms with Crippen molar-refractivity contribution in [1.82, 2.24) is 29.9 Å².